The van der Waals surface area contributed by atoms with Gasteiger partial charge in [-0.1, -0.05) is 32.4 Å². The Kier molecular flexibility index (Phi) is 4.28. The van der Waals surface area contributed by atoms with Crippen molar-refractivity contribution in [2.45, 2.75) is 64.6 Å². The predicted octanol–water partition coefficient (Wildman–Crippen LogP) is 3.80. The third kappa shape index (κ3) is 3.05. The summed E-state index contributed by atoms with van der Waals surface area (Å²) in [5.41, 5.74) is 2.44. The van der Waals surface area contributed by atoms with E-state index >= 15 is 0 Å². The number of aliphatic hydroxyl groups excluding tert-OH is 1. The first-order valence-corrected chi connectivity index (χ1v) is 7.03. The summed E-state index contributed by atoms with van der Waals surface area (Å²) >= 11 is 0. The van der Waals surface area contributed by atoms with Crippen LogP contribution in [0.15, 0.2) is 18.2 Å². The summed E-state index contributed by atoms with van der Waals surface area (Å²) in [6.07, 6.45) is 3.77. The average Bonchev–Trinajstić information content (AvgIpc) is 2.32. The molecule has 2 rings (SSSR count). The second kappa shape index (κ2) is 5.75. The van der Waals surface area contributed by atoms with E-state index in [1.54, 1.807) is 0 Å². The molecule has 100 valence electrons. The number of aliphatic hydroxyl groups is 1. The Morgan fingerprint density at radius 3 is 2.61 bits per heavy atom. The number of hydrogen-bond donors (Lipinski definition) is 1. The molecule has 2 unspecified atom stereocenters. The monoisotopic (exact) mass is 248 g/mol. The highest BCUT2D eigenvalue weighted by Crippen LogP contribution is 2.31. The van der Waals surface area contributed by atoms with Crippen molar-refractivity contribution in [1.29, 1.82) is 0 Å². The summed E-state index contributed by atoms with van der Waals surface area (Å²) in [6, 6.07) is 6.36. The molecule has 0 radical (unpaired) electrons. The van der Waals surface area contributed by atoms with Gasteiger partial charge in [0, 0.05) is 0 Å². The molecule has 0 aliphatic heterocycles. The van der Waals surface area contributed by atoms with Crippen LogP contribution in [0, 0.1) is 6.92 Å². The zero-order valence-electron chi connectivity index (χ0n) is 11.6. The van der Waals surface area contributed by atoms with Crippen molar-refractivity contribution in [1.82, 2.24) is 0 Å². The lowest BCUT2D eigenvalue weighted by Crippen LogP contribution is -2.34. The summed E-state index contributed by atoms with van der Waals surface area (Å²) in [7, 11) is 0. The molecule has 0 aromatic heterocycles. The average molecular weight is 248 g/mol. The van der Waals surface area contributed by atoms with Crippen LogP contribution < -0.4 is 4.74 Å². The van der Waals surface area contributed by atoms with E-state index in [-0.39, 0.29) is 12.2 Å². The fourth-order valence-electron chi connectivity index (χ4n) is 2.60. The van der Waals surface area contributed by atoms with Crippen molar-refractivity contribution in [2.75, 3.05) is 0 Å². The van der Waals surface area contributed by atoms with Gasteiger partial charge in [-0.05, 0) is 49.3 Å². The maximum absolute atomic E-state index is 10.0. The van der Waals surface area contributed by atoms with E-state index in [4.69, 9.17) is 4.74 Å². The van der Waals surface area contributed by atoms with Gasteiger partial charge in [0.1, 0.15) is 11.9 Å². The summed E-state index contributed by atoms with van der Waals surface area (Å²) in [4.78, 5) is 0. The molecule has 2 atom stereocenters. The molecule has 0 bridgehead atoms. The van der Waals surface area contributed by atoms with Gasteiger partial charge >= 0.3 is 0 Å². The smallest absolute Gasteiger partial charge is 0.124 e. The van der Waals surface area contributed by atoms with E-state index in [9.17, 15) is 5.11 Å². The summed E-state index contributed by atoms with van der Waals surface area (Å²) < 4.78 is 6.09. The van der Waals surface area contributed by atoms with Gasteiger partial charge in [-0.2, -0.15) is 0 Å². The molecule has 1 aromatic carbocycles. The van der Waals surface area contributed by atoms with Gasteiger partial charge in [0.15, 0.2) is 0 Å². The lowest BCUT2D eigenvalue weighted by molar-refractivity contribution is 0.00627. The number of rotatable bonds is 3. The second-order valence-corrected chi connectivity index (χ2v) is 5.70. The Labute approximate surface area is 110 Å². The Morgan fingerprint density at radius 2 is 1.94 bits per heavy atom. The molecule has 18 heavy (non-hydrogen) atoms. The largest absolute Gasteiger partial charge is 0.487 e. The Hall–Kier alpha value is -1.02. The third-order valence-electron chi connectivity index (χ3n) is 3.74. The van der Waals surface area contributed by atoms with Crippen LogP contribution in [0.25, 0.3) is 0 Å². The van der Waals surface area contributed by atoms with Crippen LogP contribution in [0.3, 0.4) is 0 Å². The number of aryl methyl sites for hydroxylation is 1. The Balaban J connectivity index is 2.18. The molecular formula is C16H24O2. The summed E-state index contributed by atoms with van der Waals surface area (Å²) in [5, 5.41) is 10.0. The van der Waals surface area contributed by atoms with Crippen LogP contribution in [0.1, 0.15) is 56.6 Å². The van der Waals surface area contributed by atoms with Crippen LogP contribution in [-0.4, -0.2) is 17.3 Å². The number of benzene rings is 1. The lowest BCUT2D eigenvalue weighted by Gasteiger charge is -2.29. The Morgan fingerprint density at radius 1 is 1.22 bits per heavy atom. The second-order valence-electron chi connectivity index (χ2n) is 5.70. The molecule has 0 saturated heterocycles. The van der Waals surface area contributed by atoms with E-state index in [1.165, 1.54) is 11.1 Å². The quantitative estimate of drug-likeness (QED) is 0.881. The molecule has 0 heterocycles. The van der Waals surface area contributed by atoms with Gasteiger partial charge in [0.05, 0.1) is 6.10 Å². The molecule has 1 saturated carbocycles. The summed E-state index contributed by atoms with van der Waals surface area (Å²) in [6.45, 7) is 6.43. The van der Waals surface area contributed by atoms with Crippen molar-refractivity contribution in [3.63, 3.8) is 0 Å². The van der Waals surface area contributed by atoms with Crippen LogP contribution in [0.5, 0.6) is 5.75 Å². The fraction of sp³-hybridized carbons (Fsp3) is 0.625. The van der Waals surface area contributed by atoms with Gasteiger partial charge in [0.25, 0.3) is 0 Å². The van der Waals surface area contributed by atoms with Crippen molar-refractivity contribution >= 4 is 0 Å². The van der Waals surface area contributed by atoms with Crippen molar-refractivity contribution in [3.05, 3.63) is 29.3 Å². The minimum Gasteiger partial charge on any atom is -0.487 e. The molecule has 2 nitrogen and oxygen atoms in total. The fourth-order valence-corrected chi connectivity index (χ4v) is 2.60. The maximum atomic E-state index is 10.0. The first-order chi connectivity index (χ1) is 8.58. The van der Waals surface area contributed by atoms with Crippen molar-refractivity contribution in [3.8, 4) is 5.75 Å². The first-order valence-electron chi connectivity index (χ1n) is 7.03. The van der Waals surface area contributed by atoms with Crippen LogP contribution in [0.2, 0.25) is 0 Å². The van der Waals surface area contributed by atoms with E-state index in [1.807, 2.05) is 0 Å². The van der Waals surface area contributed by atoms with Crippen molar-refractivity contribution in [2.24, 2.45) is 0 Å². The third-order valence-corrected chi connectivity index (χ3v) is 3.74. The van der Waals surface area contributed by atoms with E-state index < -0.39 is 0 Å². The van der Waals surface area contributed by atoms with Gasteiger partial charge in [-0.25, -0.2) is 0 Å². The minimum absolute atomic E-state index is 0.0296. The highest BCUT2D eigenvalue weighted by atomic mass is 16.5. The molecule has 0 amide bonds. The molecule has 1 fully saturated rings. The summed E-state index contributed by atoms with van der Waals surface area (Å²) in [5.74, 6) is 1.40. The molecule has 1 aliphatic rings. The molecule has 1 aromatic rings. The molecule has 1 N–H and O–H groups in total. The number of ether oxygens (including phenoxy) is 1. The van der Waals surface area contributed by atoms with Crippen molar-refractivity contribution < 1.29 is 9.84 Å². The zero-order chi connectivity index (χ0) is 13.1. The van der Waals surface area contributed by atoms with E-state index in [2.05, 4.69) is 39.0 Å². The van der Waals surface area contributed by atoms with Crippen LogP contribution in [-0.2, 0) is 0 Å². The Bertz CT molecular complexity index is 398. The maximum Gasteiger partial charge on any atom is 0.124 e. The topological polar surface area (TPSA) is 29.5 Å². The highest BCUT2D eigenvalue weighted by molar-refractivity contribution is 5.39. The molecule has 1 aliphatic carbocycles. The van der Waals surface area contributed by atoms with Crippen LogP contribution in [0.4, 0.5) is 0 Å². The minimum atomic E-state index is -0.306. The van der Waals surface area contributed by atoms with E-state index in [0.29, 0.717) is 5.92 Å². The van der Waals surface area contributed by atoms with Crippen LogP contribution >= 0.6 is 0 Å². The highest BCUT2D eigenvalue weighted by Gasteiger charge is 2.25. The molecule has 2 heteroatoms. The number of hydrogen-bond acceptors (Lipinski definition) is 2. The molecule has 0 spiro atoms. The standard InChI is InChI=1S/C16H24O2/c1-11(2)13-9-8-12(3)10-16(13)18-15-7-5-4-6-14(15)17/h8-11,14-15,17H,4-7H2,1-3H3. The normalized spacial score (nSPS) is 24.3. The van der Waals surface area contributed by atoms with Gasteiger partial charge < -0.3 is 9.84 Å². The SMILES string of the molecule is Cc1ccc(C(C)C)c(OC2CCCCC2O)c1. The lowest BCUT2D eigenvalue weighted by atomic mass is 9.94. The predicted molar refractivity (Wildman–Crippen MR) is 74.2 cm³/mol. The zero-order valence-corrected chi connectivity index (χ0v) is 11.6. The van der Waals surface area contributed by atoms with Gasteiger partial charge in [0.2, 0.25) is 0 Å². The van der Waals surface area contributed by atoms with Gasteiger partial charge in [-0.3, -0.25) is 0 Å². The van der Waals surface area contributed by atoms with E-state index in [0.717, 1.165) is 31.4 Å². The van der Waals surface area contributed by atoms with Gasteiger partial charge in [-0.15, -0.1) is 0 Å². The first kappa shape index (κ1) is 13.4. The molecular weight excluding hydrogens is 224 g/mol.